The van der Waals surface area contributed by atoms with E-state index in [1.54, 1.807) is 12.1 Å². The maximum atomic E-state index is 13.6. The summed E-state index contributed by atoms with van der Waals surface area (Å²) in [7, 11) is 0. The van der Waals surface area contributed by atoms with Gasteiger partial charge in [0, 0.05) is 38.4 Å². The molecule has 0 aromatic heterocycles. The molecule has 0 aliphatic carbocycles. The highest BCUT2D eigenvalue weighted by molar-refractivity contribution is 5.47. The summed E-state index contributed by atoms with van der Waals surface area (Å²) in [6.45, 7) is 4.90. The van der Waals surface area contributed by atoms with E-state index in [0.29, 0.717) is 6.61 Å². The largest absolute Gasteiger partial charge is 0.370 e. The molecule has 2 aromatic carbocycles. The molecule has 1 atom stereocenters. The Bertz CT molecular complexity index is 748. The van der Waals surface area contributed by atoms with Crippen LogP contribution in [0.5, 0.6) is 0 Å². The van der Waals surface area contributed by atoms with Crippen molar-refractivity contribution in [2.24, 2.45) is 0 Å². The van der Waals surface area contributed by atoms with E-state index in [-0.39, 0.29) is 17.2 Å². The molecule has 5 heteroatoms. The zero-order valence-corrected chi connectivity index (χ0v) is 14.8. The van der Waals surface area contributed by atoms with E-state index in [9.17, 15) is 8.78 Å². The molecule has 2 aliphatic rings. The fourth-order valence-electron chi connectivity index (χ4n) is 4.14. The van der Waals surface area contributed by atoms with Crippen molar-refractivity contribution < 1.29 is 13.5 Å². The van der Waals surface area contributed by atoms with Gasteiger partial charge in [-0.25, -0.2) is 8.78 Å². The van der Waals surface area contributed by atoms with Crippen LogP contribution in [0.4, 0.5) is 14.5 Å². The highest BCUT2D eigenvalue weighted by atomic mass is 19.1. The molecule has 4 rings (SSSR count). The lowest BCUT2D eigenvalue weighted by Crippen LogP contribution is -2.59. The van der Waals surface area contributed by atoms with E-state index in [0.717, 1.165) is 56.8 Å². The van der Waals surface area contributed by atoms with Gasteiger partial charge in [0.2, 0.25) is 0 Å². The number of hydrogen-bond donors (Lipinski definition) is 0. The number of halogens is 2. The first kappa shape index (κ1) is 17.4. The molecule has 26 heavy (non-hydrogen) atoms. The van der Waals surface area contributed by atoms with Crippen LogP contribution in [0.3, 0.4) is 0 Å². The molecule has 2 fully saturated rings. The third kappa shape index (κ3) is 3.89. The fourth-order valence-corrected chi connectivity index (χ4v) is 4.14. The monoisotopic (exact) mass is 358 g/mol. The van der Waals surface area contributed by atoms with Gasteiger partial charge in [-0.05, 0) is 48.7 Å². The highest BCUT2D eigenvalue weighted by Crippen LogP contribution is 2.32. The van der Waals surface area contributed by atoms with Gasteiger partial charge in [-0.15, -0.1) is 0 Å². The van der Waals surface area contributed by atoms with Gasteiger partial charge in [-0.3, -0.25) is 4.90 Å². The Hall–Kier alpha value is -1.98. The minimum atomic E-state index is -0.219. The lowest BCUT2D eigenvalue weighted by Gasteiger charge is -2.48. The van der Waals surface area contributed by atoms with Gasteiger partial charge in [-0.2, -0.15) is 0 Å². The maximum absolute atomic E-state index is 13.6. The zero-order valence-electron chi connectivity index (χ0n) is 14.8. The molecule has 2 heterocycles. The van der Waals surface area contributed by atoms with Gasteiger partial charge >= 0.3 is 0 Å². The number of morpholine rings is 1. The second kappa shape index (κ2) is 7.33. The van der Waals surface area contributed by atoms with Crippen LogP contribution in [-0.4, -0.2) is 43.3 Å². The smallest absolute Gasteiger partial charge is 0.125 e. The Balaban J connectivity index is 1.45. The van der Waals surface area contributed by atoms with Gasteiger partial charge in [0.1, 0.15) is 11.6 Å². The van der Waals surface area contributed by atoms with E-state index in [2.05, 4.69) is 9.80 Å². The van der Waals surface area contributed by atoms with Gasteiger partial charge in [0.15, 0.2) is 0 Å². The minimum absolute atomic E-state index is 0.204. The predicted molar refractivity (Wildman–Crippen MR) is 98.2 cm³/mol. The van der Waals surface area contributed by atoms with E-state index >= 15 is 0 Å². The Morgan fingerprint density at radius 3 is 2.62 bits per heavy atom. The van der Waals surface area contributed by atoms with Crippen molar-refractivity contribution in [1.29, 1.82) is 0 Å². The number of nitrogens with zero attached hydrogens (tertiary/aromatic N) is 2. The summed E-state index contributed by atoms with van der Waals surface area (Å²) in [6, 6.07) is 13.5. The molecule has 2 aromatic rings. The van der Waals surface area contributed by atoms with Crippen LogP contribution in [0, 0.1) is 11.6 Å². The number of hydrogen-bond acceptors (Lipinski definition) is 3. The van der Waals surface area contributed by atoms with E-state index in [1.807, 2.05) is 18.2 Å². The average Bonchev–Trinajstić information content (AvgIpc) is 2.64. The molecule has 0 saturated carbocycles. The molecule has 138 valence electrons. The standard InChI is InChI=1S/C21H24F2N2O/c22-18-7-5-17(6-8-18)14-24-11-12-26-21(15-24)9-2-10-25(16-21)20-4-1-3-19(23)13-20/h1,3-8,13H,2,9-12,14-16H2. The SMILES string of the molecule is Fc1ccc(CN2CCOC3(CCCN(c4cccc(F)c4)C3)C2)cc1. The Morgan fingerprint density at radius 2 is 1.81 bits per heavy atom. The molecule has 0 amide bonds. The molecule has 3 nitrogen and oxygen atoms in total. The van der Waals surface area contributed by atoms with Crippen molar-refractivity contribution in [2.45, 2.75) is 25.0 Å². The number of rotatable bonds is 3. The molecule has 1 unspecified atom stereocenters. The summed E-state index contributed by atoms with van der Waals surface area (Å²) in [5.74, 6) is -0.408. The van der Waals surface area contributed by atoms with Gasteiger partial charge < -0.3 is 9.64 Å². The van der Waals surface area contributed by atoms with Crippen molar-refractivity contribution in [3.05, 3.63) is 65.7 Å². The van der Waals surface area contributed by atoms with Crippen LogP contribution in [0.1, 0.15) is 18.4 Å². The summed E-state index contributed by atoms with van der Waals surface area (Å²) in [6.07, 6.45) is 2.04. The summed E-state index contributed by atoms with van der Waals surface area (Å²) in [5, 5.41) is 0. The second-order valence-electron chi connectivity index (χ2n) is 7.37. The first-order valence-corrected chi connectivity index (χ1v) is 9.23. The molecule has 1 spiro atoms. The van der Waals surface area contributed by atoms with Gasteiger partial charge in [0.05, 0.1) is 12.2 Å². The third-order valence-electron chi connectivity index (χ3n) is 5.36. The second-order valence-corrected chi connectivity index (χ2v) is 7.37. The Labute approximate surface area is 153 Å². The van der Waals surface area contributed by atoms with Crippen LogP contribution >= 0.6 is 0 Å². The molecule has 0 bridgehead atoms. The van der Waals surface area contributed by atoms with Crippen LogP contribution in [-0.2, 0) is 11.3 Å². The van der Waals surface area contributed by atoms with Crippen LogP contribution in [0.25, 0.3) is 0 Å². The third-order valence-corrected chi connectivity index (χ3v) is 5.36. The van der Waals surface area contributed by atoms with Crippen LogP contribution in [0.2, 0.25) is 0 Å². The molecule has 0 radical (unpaired) electrons. The number of ether oxygens (including phenoxy) is 1. The predicted octanol–water partition coefficient (Wildman–Crippen LogP) is 3.84. The highest BCUT2D eigenvalue weighted by Gasteiger charge is 2.40. The Kier molecular flexibility index (Phi) is 4.92. The van der Waals surface area contributed by atoms with Gasteiger partial charge in [0.25, 0.3) is 0 Å². The number of piperidine rings is 1. The average molecular weight is 358 g/mol. The Morgan fingerprint density at radius 1 is 0.962 bits per heavy atom. The van der Waals surface area contributed by atoms with E-state index < -0.39 is 0 Å². The maximum Gasteiger partial charge on any atom is 0.125 e. The van der Waals surface area contributed by atoms with E-state index in [1.165, 1.54) is 18.2 Å². The topological polar surface area (TPSA) is 15.7 Å². The number of benzene rings is 2. The van der Waals surface area contributed by atoms with Crippen molar-refractivity contribution in [2.75, 3.05) is 37.7 Å². The molecule has 2 saturated heterocycles. The molecule has 2 aliphatic heterocycles. The lowest BCUT2D eigenvalue weighted by molar-refractivity contribution is -0.116. The summed E-state index contributed by atoms with van der Waals surface area (Å²) < 4.78 is 33.0. The first-order valence-electron chi connectivity index (χ1n) is 9.23. The normalized spacial score (nSPS) is 24.2. The fraction of sp³-hybridized carbons (Fsp3) is 0.429. The van der Waals surface area contributed by atoms with Crippen molar-refractivity contribution in [1.82, 2.24) is 4.90 Å². The molecular weight excluding hydrogens is 334 g/mol. The first-order chi connectivity index (χ1) is 12.6. The van der Waals surface area contributed by atoms with Crippen molar-refractivity contribution in [3.8, 4) is 0 Å². The molecular formula is C21H24F2N2O. The van der Waals surface area contributed by atoms with Crippen LogP contribution < -0.4 is 4.90 Å². The van der Waals surface area contributed by atoms with Crippen molar-refractivity contribution >= 4 is 5.69 Å². The van der Waals surface area contributed by atoms with E-state index in [4.69, 9.17) is 4.74 Å². The molecule has 0 N–H and O–H groups in total. The van der Waals surface area contributed by atoms with Crippen molar-refractivity contribution in [3.63, 3.8) is 0 Å². The minimum Gasteiger partial charge on any atom is -0.370 e. The summed E-state index contributed by atoms with van der Waals surface area (Å²) in [5.41, 5.74) is 1.81. The summed E-state index contributed by atoms with van der Waals surface area (Å²) >= 11 is 0. The number of anilines is 1. The lowest BCUT2D eigenvalue weighted by atomic mass is 9.90. The quantitative estimate of drug-likeness (QED) is 0.829. The van der Waals surface area contributed by atoms with Gasteiger partial charge in [-0.1, -0.05) is 18.2 Å². The zero-order chi connectivity index (χ0) is 18.0. The summed E-state index contributed by atoms with van der Waals surface area (Å²) in [4.78, 5) is 4.61. The van der Waals surface area contributed by atoms with Crippen LogP contribution in [0.15, 0.2) is 48.5 Å².